The van der Waals surface area contributed by atoms with Crippen LogP contribution in [-0.2, 0) is 10.1 Å². The monoisotopic (exact) mass is 258 g/mol. The van der Waals surface area contributed by atoms with Gasteiger partial charge in [-0.25, -0.2) is 0 Å². The summed E-state index contributed by atoms with van der Waals surface area (Å²) in [6.07, 6.45) is 0.389. The van der Waals surface area contributed by atoms with E-state index in [0.717, 1.165) is 11.8 Å². The molecule has 0 spiro atoms. The van der Waals surface area contributed by atoms with Crippen LogP contribution in [0.1, 0.15) is 32.4 Å². The highest BCUT2D eigenvalue weighted by Crippen LogP contribution is 2.33. The Labute approximate surface area is 102 Å². The van der Waals surface area contributed by atoms with Crippen molar-refractivity contribution in [3.63, 3.8) is 0 Å². The van der Waals surface area contributed by atoms with Gasteiger partial charge >= 0.3 is 10.1 Å². The molecule has 5 heteroatoms. The first-order valence-corrected chi connectivity index (χ1v) is 7.09. The van der Waals surface area contributed by atoms with Crippen molar-refractivity contribution in [2.45, 2.75) is 26.9 Å². The molecule has 96 valence electrons. The molecule has 4 nitrogen and oxygen atoms in total. The van der Waals surface area contributed by atoms with Gasteiger partial charge in [-0.3, -0.25) is 0 Å². The Morgan fingerprint density at radius 3 is 2.00 bits per heavy atom. The van der Waals surface area contributed by atoms with E-state index < -0.39 is 16.2 Å². The number of hydrogen-bond acceptors (Lipinski definition) is 4. The zero-order valence-corrected chi connectivity index (χ0v) is 11.3. The fraction of sp³-hybridized carbons (Fsp3) is 0.500. The Bertz CT molecular complexity index is 468. The fourth-order valence-electron chi connectivity index (χ4n) is 1.38. The standard InChI is InChI=1S/C12H18O4S/c1-12(2,3)11(13)9-5-7-10(8-6-9)16-17(4,14)15/h5-8,11,13H,1-4H3. The van der Waals surface area contributed by atoms with Gasteiger partial charge in [-0.2, -0.15) is 8.42 Å². The van der Waals surface area contributed by atoms with Crippen LogP contribution in [0, 0.1) is 5.41 Å². The lowest BCUT2D eigenvalue weighted by molar-refractivity contribution is 0.0626. The van der Waals surface area contributed by atoms with E-state index in [1.807, 2.05) is 20.8 Å². The van der Waals surface area contributed by atoms with Gasteiger partial charge in [0.25, 0.3) is 0 Å². The van der Waals surface area contributed by atoms with Gasteiger partial charge in [0.15, 0.2) is 0 Å². The molecule has 1 rings (SSSR count). The predicted octanol–water partition coefficient (Wildman–Crippen LogP) is 2.10. The Hall–Kier alpha value is -1.07. The minimum absolute atomic E-state index is 0.248. The van der Waals surface area contributed by atoms with Crippen LogP contribution in [0.5, 0.6) is 5.75 Å². The molecule has 0 aliphatic rings. The first kappa shape index (κ1) is 14.0. The van der Waals surface area contributed by atoms with Gasteiger partial charge in [-0.1, -0.05) is 32.9 Å². The van der Waals surface area contributed by atoms with Gasteiger partial charge in [-0.05, 0) is 23.1 Å². The molecule has 1 atom stereocenters. The third-order valence-electron chi connectivity index (χ3n) is 2.26. The normalized spacial score (nSPS) is 14.4. The maximum Gasteiger partial charge on any atom is 0.306 e. The van der Waals surface area contributed by atoms with Gasteiger partial charge in [-0.15, -0.1) is 0 Å². The predicted molar refractivity (Wildman–Crippen MR) is 66.3 cm³/mol. The van der Waals surface area contributed by atoms with E-state index >= 15 is 0 Å². The van der Waals surface area contributed by atoms with Crippen LogP contribution in [0.25, 0.3) is 0 Å². The molecular formula is C12H18O4S. The van der Waals surface area contributed by atoms with E-state index in [9.17, 15) is 13.5 Å². The van der Waals surface area contributed by atoms with Crippen LogP contribution in [0.3, 0.4) is 0 Å². The van der Waals surface area contributed by atoms with Crippen molar-refractivity contribution in [3.05, 3.63) is 29.8 Å². The van der Waals surface area contributed by atoms with Crippen molar-refractivity contribution >= 4 is 10.1 Å². The van der Waals surface area contributed by atoms with Crippen LogP contribution in [0.4, 0.5) is 0 Å². The smallest absolute Gasteiger partial charge is 0.306 e. The van der Waals surface area contributed by atoms with Gasteiger partial charge in [0.2, 0.25) is 0 Å². The van der Waals surface area contributed by atoms with Crippen LogP contribution < -0.4 is 4.18 Å². The van der Waals surface area contributed by atoms with Crippen LogP contribution in [0.15, 0.2) is 24.3 Å². The number of hydrogen-bond donors (Lipinski definition) is 1. The lowest BCUT2D eigenvalue weighted by atomic mass is 9.85. The number of aliphatic hydroxyl groups excluding tert-OH is 1. The second-order valence-corrected chi connectivity index (χ2v) is 6.70. The fourth-order valence-corrected chi connectivity index (χ4v) is 1.84. The summed E-state index contributed by atoms with van der Waals surface area (Å²) in [5.74, 6) is 0.248. The molecule has 0 aliphatic carbocycles. The summed E-state index contributed by atoms with van der Waals surface area (Å²) in [4.78, 5) is 0. The second kappa shape index (κ2) is 4.66. The van der Waals surface area contributed by atoms with E-state index in [1.54, 1.807) is 12.1 Å². The first-order chi connectivity index (χ1) is 7.59. The minimum atomic E-state index is -3.50. The van der Waals surface area contributed by atoms with Crippen LogP contribution >= 0.6 is 0 Å². The molecule has 0 aliphatic heterocycles. The lowest BCUT2D eigenvalue weighted by Crippen LogP contribution is -2.17. The van der Waals surface area contributed by atoms with Crippen molar-refractivity contribution in [3.8, 4) is 5.75 Å². The van der Waals surface area contributed by atoms with Crippen LogP contribution in [-0.4, -0.2) is 19.8 Å². The van der Waals surface area contributed by atoms with E-state index in [-0.39, 0.29) is 11.2 Å². The Balaban J connectivity index is 2.89. The summed E-state index contributed by atoms with van der Waals surface area (Å²) in [5.41, 5.74) is 0.470. The van der Waals surface area contributed by atoms with Gasteiger partial charge in [0, 0.05) is 0 Å². The van der Waals surface area contributed by atoms with Crippen molar-refractivity contribution in [2.75, 3.05) is 6.26 Å². The van der Waals surface area contributed by atoms with Crippen molar-refractivity contribution < 1.29 is 17.7 Å². The highest BCUT2D eigenvalue weighted by Gasteiger charge is 2.23. The summed E-state index contributed by atoms with van der Waals surface area (Å²) in [6, 6.07) is 6.39. The number of rotatable bonds is 3. The molecule has 0 aromatic heterocycles. The summed E-state index contributed by atoms with van der Waals surface area (Å²) in [7, 11) is -3.50. The molecule has 0 saturated carbocycles. The van der Waals surface area contributed by atoms with E-state index in [1.165, 1.54) is 12.1 Å². The molecule has 0 bridgehead atoms. The average Bonchev–Trinajstić information content (AvgIpc) is 2.14. The summed E-state index contributed by atoms with van der Waals surface area (Å²) < 4.78 is 26.5. The van der Waals surface area contributed by atoms with Gasteiger partial charge < -0.3 is 9.29 Å². The molecule has 1 N–H and O–H groups in total. The Morgan fingerprint density at radius 1 is 1.18 bits per heavy atom. The second-order valence-electron chi connectivity index (χ2n) is 5.13. The summed E-state index contributed by atoms with van der Waals surface area (Å²) in [6.45, 7) is 5.79. The molecule has 0 fully saturated rings. The maximum atomic E-state index is 10.9. The topological polar surface area (TPSA) is 63.6 Å². The van der Waals surface area contributed by atoms with E-state index in [2.05, 4.69) is 0 Å². The molecular weight excluding hydrogens is 240 g/mol. The van der Waals surface area contributed by atoms with Crippen molar-refractivity contribution in [2.24, 2.45) is 5.41 Å². The van der Waals surface area contributed by atoms with Crippen molar-refractivity contribution in [1.29, 1.82) is 0 Å². The van der Waals surface area contributed by atoms with E-state index in [0.29, 0.717) is 0 Å². The Morgan fingerprint density at radius 2 is 1.65 bits per heavy atom. The molecule has 17 heavy (non-hydrogen) atoms. The van der Waals surface area contributed by atoms with Gasteiger partial charge in [0.05, 0.1) is 12.4 Å². The molecule has 1 aromatic rings. The lowest BCUT2D eigenvalue weighted by Gasteiger charge is -2.26. The molecule has 0 heterocycles. The molecule has 1 unspecified atom stereocenters. The number of aliphatic hydroxyl groups is 1. The van der Waals surface area contributed by atoms with Crippen LogP contribution in [0.2, 0.25) is 0 Å². The third kappa shape index (κ3) is 4.36. The number of benzene rings is 1. The zero-order valence-electron chi connectivity index (χ0n) is 10.5. The molecule has 0 amide bonds. The maximum absolute atomic E-state index is 10.9. The highest BCUT2D eigenvalue weighted by molar-refractivity contribution is 7.86. The first-order valence-electron chi connectivity index (χ1n) is 5.27. The summed E-state index contributed by atoms with van der Waals surface area (Å²) in [5, 5.41) is 10.0. The summed E-state index contributed by atoms with van der Waals surface area (Å²) >= 11 is 0. The largest absolute Gasteiger partial charge is 0.388 e. The van der Waals surface area contributed by atoms with Crippen molar-refractivity contribution in [1.82, 2.24) is 0 Å². The zero-order chi connectivity index (χ0) is 13.3. The molecule has 0 saturated heterocycles. The van der Waals surface area contributed by atoms with E-state index in [4.69, 9.17) is 4.18 Å². The van der Waals surface area contributed by atoms with Gasteiger partial charge in [0.1, 0.15) is 5.75 Å². The average molecular weight is 258 g/mol. The minimum Gasteiger partial charge on any atom is -0.388 e. The molecule has 0 radical (unpaired) electrons. The SMILES string of the molecule is CC(C)(C)C(O)c1ccc(OS(C)(=O)=O)cc1. The molecule has 1 aromatic carbocycles. The highest BCUT2D eigenvalue weighted by atomic mass is 32.2. The third-order valence-corrected chi connectivity index (χ3v) is 2.76. The Kier molecular flexibility index (Phi) is 3.84. The quantitative estimate of drug-likeness (QED) is 0.843.